The Morgan fingerprint density at radius 2 is 1.74 bits per heavy atom. The fourth-order valence-corrected chi connectivity index (χ4v) is 3.49. The highest BCUT2D eigenvalue weighted by molar-refractivity contribution is 7.98. The van der Waals surface area contributed by atoms with E-state index in [1.807, 2.05) is 36.6 Å². The highest BCUT2D eigenvalue weighted by atomic mass is 32.2. The molecule has 3 aromatic rings. The molecule has 1 aromatic heterocycles. The summed E-state index contributed by atoms with van der Waals surface area (Å²) in [7, 11) is -3.65. The lowest BCUT2D eigenvalue weighted by Gasteiger charge is -2.05. The molecule has 0 aliphatic carbocycles. The van der Waals surface area contributed by atoms with E-state index in [0.29, 0.717) is 0 Å². The third kappa shape index (κ3) is 3.57. The third-order valence-corrected chi connectivity index (χ3v) is 5.39. The number of benzene rings is 2. The van der Waals surface area contributed by atoms with Gasteiger partial charge in [0.2, 0.25) is 0 Å². The molecule has 0 aliphatic rings. The zero-order chi connectivity index (χ0) is 16.3. The molecule has 0 atom stereocenters. The maximum absolute atomic E-state index is 12.4. The Kier molecular flexibility index (Phi) is 4.40. The standard InChI is InChI=1S/C16H15N3O2S2/c1-22-13-7-9-14(10-8-13)23(20,21)19-16-11-15(17-18-16)12-5-3-2-4-6-12/h2-11H,1H3,(H2,17,18,19). The number of aromatic nitrogens is 2. The number of hydrogen-bond donors (Lipinski definition) is 2. The SMILES string of the molecule is CSc1ccc(S(=O)(=O)Nc2cc(-c3ccccc3)[nH]n2)cc1. The molecule has 3 rings (SSSR count). The van der Waals surface area contributed by atoms with Crippen LogP contribution < -0.4 is 4.72 Å². The molecule has 0 unspecified atom stereocenters. The second-order valence-corrected chi connectivity index (χ2v) is 7.38. The Balaban J connectivity index is 1.82. The van der Waals surface area contributed by atoms with Gasteiger partial charge < -0.3 is 0 Å². The minimum atomic E-state index is -3.65. The van der Waals surface area contributed by atoms with Gasteiger partial charge in [-0.15, -0.1) is 11.8 Å². The van der Waals surface area contributed by atoms with Crippen molar-refractivity contribution in [1.82, 2.24) is 10.2 Å². The monoisotopic (exact) mass is 345 g/mol. The zero-order valence-electron chi connectivity index (χ0n) is 12.4. The first-order valence-corrected chi connectivity index (χ1v) is 9.57. The van der Waals surface area contributed by atoms with Gasteiger partial charge in [-0.3, -0.25) is 9.82 Å². The summed E-state index contributed by atoms with van der Waals surface area (Å²) < 4.78 is 27.2. The highest BCUT2D eigenvalue weighted by Crippen LogP contribution is 2.22. The van der Waals surface area contributed by atoms with Gasteiger partial charge in [-0.2, -0.15) is 5.10 Å². The molecule has 1 heterocycles. The molecule has 118 valence electrons. The van der Waals surface area contributed by atoms with Crippen molar-refractivity contribution in [1.29, 1.82) is 0 Å². The Bertz CT molecular complexity index is 889. The number of anilines is 1. The van der Waals surface area contributed by atoms with E-state index in [-0.39, 0.29) is 10.7 Å². The van der Waals surface area contributed by atoms with Gasteiger partial charge in [0.15, 0.2) is 5.82 Å². The maximum atomic E-state index is 12.4. The number of hydrogen-bond acceptors (Lipinski definition) is 4. The highest BCUT2D eigenvalue weighted by Gasteiger charge is 2.16. The van der Waals surface area contributed by atoms with E-state index in [1.165, 1.54) is 0 Å². The minimum absolute atomic E-state index is 0.208. The number of rotatable bonds is 5. The quantitative estimate of drug-likeness (QED) is 0.693. The van der Waals surface area contributed by atoms with E-state index in [1.54, 1.807) is 42.1 Å². The van der Waals surface area contributed by atoms with Crippen LogP contribution in [0.3, 0.4) is 0 Å². The number of thioether (sulfide) groups is 1. The van der Waals surface area contributed by atoms with Crippen LogP contribution >= 0.6 is 11.8 Å². The molecule has 0 aliphatic heterocycles. The second-order valence-electron chi connectivity index (χ2n) is 4.81. The number of aromatic amines is 1. The van der Waals surface area contributed by atoms with E-state index in [9.17, 15) is 8.42 Å². The molecule has 0 radical (unpaired) electrons. The van der Waals surface area contributed by atoms with Crippen LogP contribution in [0.2, 0.25) is 0 Å². The van der Waals surface area contributed by atoms with Crippen LogP contribution in [0.15, 0.2) is 70.5 Å². The lowest BCUT2D eigenvalue weighted by Crippen LogP contribution is -2.13. The minimum Gasteiger partial charge on any atom is -0.276 e. The summed E-state index contributed by atoms with van der Waals surface area (Å²) in [5.74, 6) is 0.262. The van der Waals surface area contributed by atoms with E-state index in [4.69, 9.17) is 0 Å². The first kappa shape index (κ1) is 15.6. The van der Waals surface area contributed by atoms with Crippen molar-refractivity contribution in [2.24, 2.45) is 0 Å². The predicted molar refractivity (Wildman–Crippen MR) is 93.1 cm³/mol. The van der Waals surface area contributed by atoms with Gasteiger partial charge in [0, 0.05) is 11.0 Å². The normalized spacial score (nSPS) is 11.3. The predicted octanol–water partition coefficient (Wildman–Crippen LogP) is 3.60. The summed E-state index contributed by atoms with van der Waals surface area (Å²) in [5.41, 5.74) is 1.69. The summed E-state index contributed by atoms with van der Waals surface area (Å²) in [6.07, 6.45) is 1.94. The maximum Gasteiger partial charge on any atom is 0.263 e. The van der Waals surface area contributed by atoms with Gasteiger partial charge >= 0.3 is 0 Å². The molecule has 0 bridgehead atoms. The average molecular weight is 345 g/mol. The second kappa shape index (κ2) is 6.47. The van der Waals surface area contributed by atoms with Crippen molar-refractivity contribution < 1.29 is 8.42 Å². The smallest absolute Gasteiger partial charge is 0.263 e. The van der Waals surface area contributed by atoms with Crippen LogP contribution in [0.25, 0.3) is 11.3 Å². The van der Waals surface area contributed by atoms with Gasteiger partial charge in [0.25, 0.3) is 10.0 Å². The van der Waals surface area contributed by atoms with Crippen molar-refractivity contribution in [3.8, 4) is 11.3 Å². The largest absolute Gasteiger partial charge is 0.276 e. The summed E-state index contributed by atoms with van der Waals surface area (Å²) in [6, 6.07) is 18.0. The van der Waals surface area contributed by atoms with Crippen LogP contribution in [0.4, 0.5) is 5.82 Å². The van der Waals surface area contributed by atoms with Crippen LogP contribution in [0.1, 0.15) is 0 Å². The van der Waals surface area contributed by atoms with E-state index in [2.05, 4.69) is 14.9 Å². The number of nitrogens with one attached hydrogen (secondary N) is 2. The molecular weight excluding hydrogens is 330 g/mol. The van der Waals surface area contributed by atoms with Crippen LogP contribution in [-0.4, -0.2) is 24.9 Å². The van der Waals surface area contributed by atoms with Crippen LogP contribution in [0.5, 0.6) is 0 Å². The van der Waals surface area contributed by atoms with Gasteiger partial charge in [-0.05, 0) is 36.1 Å². The number of nitrogens with zero attached hydrogens (tertiary/aromatic N) is 1. The van der Waals surface area contributed by atoms with Crippen molar-refractivity contribution >= 4 is 27.6 Å². The lowest BCUT2D eigenvalue weighted by molar-refractivity contribution is 0.601. The molecule has 5 nitrogen and oxygen atoms in total. The van der Waals surface area contributed by atoms with E-state index >= 15 is 0 Å². The van der Waals surface area contributed by atoms with E-state index < -0.39 is 10.0 Å². The van der Waals surface area contributed by atoms with Crippen molar-refractivity contribution in [3.05, 3.63) is 60.7 Å². The fourth-order valence-electron chi connectivity index (χ4n) is 2.09. The topological polar surface area (TPSA) is 74.8 Å². The van der Waals surface area contributed by atoms with Crippen LogP contribution in [-0.2, 0) is 10.0 Å². The Hall–Kier alpha value is -2.25. The third-order valence-electron chi connectivity index (χ3n) is 3.27. The first-order chi connectivity index (χ1) is 11.1. The summed E-state index contributed by atoms with van der Waals surface area (Å²) in [5, 5.41) is 6.85. The number of sulfonamides is 1. The molecule has 0 saturated heterocycles. The molecule has 2 N–H and O–H groups in total. The van der Waals surface area contributed by atoms with Gasteiger partial charge in [0.05, 0.1) is 10.6 Å². The Morgan fingerprint density at radius 3 is 2.39 bits per heavy atom. The Morgan fingerprint density at radius 1 is 1.04 bits per heavy atom. The van der Waals surface area contributed by atoms with Crippen molar-refractivity contribution in [2.75, 3.05) is 11.0 Å². The van der Waals surface area contributed by atoms with Gasteiger partial charge in [-0.1, -0.05) is 30.3 Å². The lowest BCUT2D eigenvalue weighted by atomic mass is 10.2. The summed E-state index contributed by atoms with van der Waals surface area (Å²) in [4.78, 5) is 1.22. The summed E-state index contributed by atoms with van der Waals surface area (Å²) in [6.45, 7) is 0. The Labute approximate surface area is 139 Å². The van der Waals surface area contributed by atoms with Gasteiger partial charge in [0.1, 0.15) is 0 Å². The van der Waals surface area contributed by atoms with Crippen molar-refractivity contribution in [2.45, 2.75) is 9.79 Å². The fraction of sp³-hybridized carbons (Fsp3) is 0.0625. The zero-order valence-corrected chi connectivity index (χ0v) is 14.0. The molecule has 0 fully saturated rings. The molecular formula is C16H15N3O2S2. The molecule has 23 heavy (non-hydrogen) atoms. The summed E-state index contributed by atoms with van der Waals surface area (Å²) >= 11 is 1.56. The number of H-pyrrole nitrogens is 1. The van der Waals surface area contributed by atoms with Crippen molar-refractivity contribution in [3.63, 3.8) is 0 Å². The molecule has 0 spiro atoms. The first-order valence-electron chi connectivity index (χ1n) is 6.86. The van der Waals surface area contributed by atoms with Gasteiger partial charge in [-0.25, -0.2) is 8.42 Å². The molecule has 7 heteroatoms. The molecule has 0 saturated carbocycles. The van der Waals surface area contributed by atoms with E-state index in [0.717, 1.165) is 16.2 Å². The molecule has 0 amide bonds. The average Bonchev–Trinajstić information content (AvgIpc) is 3.03. The van der Waals surface area contributed by atoms with Crippen LogP contribution in [0, 0.1) is 0 Å². The molecule has 2 aromatic carbocycles.